The summed E-state index contributed by atoms with van der Waals surface area (Å²) < 4.78 is 31.6. The highest BCUT2D eigenvalue weighted by Gasteiger charge is 2.27. The van der Waals surface area contributed by atoms with E-state index in [1.807, 2.05) is 13.0 Å². The Balaban J connectivity index is 0.00000280. The van der Waals surface area contributed by atoms with Crippen molar-refractivity contribution in [3.63, 3.8) is 0 Å². The average molecular weight is 522 g/mol. The molecule has 9 heteroatoms. The topological polar surface area (TPSA) is 74.2 Å². The fourth-order valence-corrected chi connectivity index (χ4v) is 4.88. The smallest absolute Gasteiger partial charge is 0.216 e. The van der Waals surface area contributed by atoms with E-state index in [9.17, 15) is 8.42 Å². The summed E-state index contributed by atoms with van der Waals surface area (Å²) in [5.41, 5.74) is 1.35. The number of rotatable bonds is 6. The van der Waals surface area contributed by atoms with Crippen LogP contribution in [-0.4, -0.2) is 81.8 Å². The predicted molar refractivity (Wildman–Crippen MR) is 123 cm³/mol. The van der Waals surface area contributed by atoms with Crippen molar-refractivity contribution in [2.24, 2.45) is 4.99 Å². The monoisotopic (exact) mass is 522 g/mol. The van der Waals surface area contributed by atoms with Gasteiger partial charge in [0.25, 0.3) is 0 Å². The molecule has 0 spiro atoms. The predicted octanol–water partition coefficient (Wildman–Crippen LogP) is 1.72. The molecule has 1 aromatic rings. The van der Waals surface area contributed by atoms with Crippen LogP contribution in [0.5, 0.6) is 0 Å². The minimum Gasteiger partial charge on any atom is -0.379 e. The summed E-state index contributed by atoms with van der Waals surface area (Å²) in [6.45, 7) is 6.74. The minimum absolute atomic E-state index is 0. The molecular formula is C19H31IN4O3S. The Bertz CT molecular complexity index is 724. The summed E-state index contributed by atoms with van der Waals surface area (Å²) >= 11 is 0. The van der Waals surface area contributed by atoms with Gasteiger partial charge >= 0.3 is 0 Å². The maximum atomic E-state index is 12.5. The molecule has 2 aliphatic heterocycles. The molecule has 0 saturated carbocycles. The van der Waals surface area contributed by atoms with Crippen LogP contribution >= 0.6 is 24.0 Å². The largest absolute Gasteiger partial charge is 0.379 e. The molecule has 158 valence electrons. The van der Waals surface area contributed by atoms with Crippen LogP contribution in [0.25, 0.3) is 0 Å². The molecule has 1 aromatic carbocycles. The van der Waals surface area contributed by atoms with Crippen molar-refractivity contribution in [3.8, 4) is 0 Å². The minimum atomic E-state index is -3.27. The van der Waals surface area contributed by atoms with Crippen molar-refractivity contribution < 1.29 is 13.2 Å². The zero-order valence-electron chi connectivity index (χ0n) is 16.4. The van der Waals surface area contributed by atoms with Crippen molar-refractivity contribution in [2.75, 3.05) is 58.2 Å². The van der Waals surface area contributed by atoms with Crippen LogP contribution in [0, 0.1) is 0 Å². The summed E-state index contributed by atoms with van der Waals surface area (Å²) in [7, 11) is -3.27. The van der Waals surface area contributed by atoms with Gasteiger partial charge in [0.15, 0.2) is 5.96 Å². The molecule has 0 radical (unpaired) electrons. The van der Waals surface area contributed by atoms with Gasteiger partial charge in [-0.25, -0.2) is 8.42 Å². The normalized spacial score (nSPS) is 21.4. The third kappa shape index (κ3) is 6.30. The molecule has 0 bridgehead atoms. The third-order valence-electron chi connectivity index (χ3n) is 5.07. The van der Waals surface area contributed by atoms with E-state index in [4.69, 9.17) is 4.74 Å². The number of ether oxygens (including phenoxy) is 1. The van der Waals surface area contributed by atoms with Gasteiger partial charge in [-0.05, 0) is 18.9 Å². The molecule has 2 saturated heterocycles. The lowest BCUT2D eigenvalue weighted by molar-refractivity contribution is 0.0731. The van der Waals surface area contributed by atoms with E-state index in [1.54, 1.807) is 0 Å². The Labute approximate surface area is 185 Å². The summed E-state index contributed by atoms with van der Waals surface area (Å²) in [6, 6.07) is 10.5. The maximum Gasteiger partial charge on any atom is 0.216 e. The molecule has 0 amide bonds. The van der Waals surface area contributed by atoms with Gasteiger partial charge in [-0.1, -0.05) is 30.3 Å². The number of hydrogen-bond donors (Lipinski definition) is 1. The van der Waals surface area contributed by atoms with E-state index in [0.29, 0.717) is 32.2 Å². The number of benzene rings is 1. The van der Waals surface area contributed by atoms with Gasteiger partial charge in [-0.15, -0.1) is 24.0 Å². The van der Waals surface area contributed by atoms with Crippen LogP contribution in [0.15, 0.2) is 35.3 Å². The van der Waals surface area contributed by atoms with E-state index in [0.717, 1.165) is 32.0 Å². The lowest BCUT2D eigenvalue weighted by atomic mass is 9.99. The summed E-state index contributed by atoms with van der Waals surface area (Å²) in [4.78, 5) is 6.84. The highest BCUT2D eigenvalue weighted by atomic mass is 127. The van der Waals surface area contributed by atoms with Crippen molar-refractivity contribution >= 4 is 40.0 Å². The Hall–Kier alpha value is -0.910. The van der Waals surface area contributed by atoms with Crippen molar-refractivity contribution in [2.45, 2.75) is 19.3 Å². The number of sulfonamides is 1. The molecule has 0 aromatic heterocycles. The van der Waals surface area contributed by atoms with Crippen LogP contribution < -0.4 is 5.32 Å². The van der Waals surface area contributed by atoms with Crippen molar-refractivity contribution in [3.05, 3.63) is 35.9 Å². The highest BCUT2D eigenvalue weighted by Crippen LogP contribution is 2.26. The first-order valence-corrected chi connectivity index (χ1v) is 11.3. The van der Waals surface area contributed by atoms with Crippen molar-refractivity contribution in [1.82, 2.24) is 14.5 Å². The summed E-state index contributed by atoms with van der Waals surface area (Å²) in [6.07, 6.45) is 1.08. The number of morpholine rings is 1. The zero-order valence-corrected chi connectivity index (χ0v) is 19.6. The van der Waals surface area contributed by atoms with Gasteiger partial charge in [0.1, 0.15) is 0 Å². The molecule has 2 heterocycles. The number of nitrogens with one attached hydrogen (secondary N) is 1. The van der Waals surface area contributed by atoms with Crippen LogP contribution in [-0.2, 0) is 14.8 Å². The Morgan fingerprint density at radius 2 is 1.93 bits per heavy atom. The van der Waals surface area contributed by atoms with E-state index in [-0.39, 0.29) is 36.3 Å². The SMILES string of the molecule is CCNC(=NCCS(=O)(=O)N1CCOCC1)N1CCC(c2ccccc2)C1.I. The molecule has 28 heavy (non-hydrogen) atoms. The Morgan fingerprint density at radius 1 is 1.21 bits per heavy atom. The Kier molecular flexibility index (Phi) is 9.45. The van der Waals surface area contributed by atoms with E-state index < -0.39 is 10.0 Å². The molecule has 2 aliphatic rings. The van der Waals surface area contributed by atoms with Crippen LogP contribution in [0.2, 0.25) is 0 Å². The fourth-order valence-electron chi connectivity index (χ4n) is 3.60. The first kappa shape index (κ1) is 23.4. The lowest BCUT2D eigenvalue weighted by Crippen LogP contribution is -2.43. The van der Waals surface area contributed by atoms with Gasteiger partial charge in [-0.2, -0.15) is 4.31 Å². The quantitative estimate of drug-likeness (QED) is 0.350. The molecule has 7 nitrogen and oxygen atoms in total. The first-order chi connectivity index (χ1) is 13.1. The van der Waals surface area contributed by atoms with E-state index in [2.05, 4.69) is 39.5 Å². The van der Waals surface area contributed by atoms with Gasteiger partial charge in [0.05, 0.1) is 25.5 Å². The second-order valence-corrected chi connectivity index (χ2v) is 8.99. The number of likely N-dealkylation sites (tertiary alicyclic amines) is 1. The molecule has 1 atom stereocenters. The summed E-state index contributed by atoms with van der Waals surface area (Å²) in [5.74, 6) is 1.35. The van der Waals surface area contributed by atoms with Gasteiger partial charge in [-0.3, -0.25) is 4.99 Å². The van der Waals surface area contributed by atoms with Crippen LogP contribution in [0.3, 0.4) is 0 Å². The average Bonchev–Trinajstić information content (AvgIpc) is 3.19. The van der Waals surface area contributed by atoms with Gasteiger partial charge in [0.2, 0.25) is 10.0 Å². The van der Waals surface area contributed by atoms with Crippen LogP contribution in [0.1, 0.15) is 24.8 Å². The zero-order chi connectivity index (χ0) is 19.1. The van der Waals surface area contributed by atoms with E-state index in [1.165, 1.54) is 9.87 Å². The molecule has 1 N–H and O–H groups in total. The molecule has 2 fully saturated rings. The number of nitrogens with zero attached hydrogens (tertiary/aromatic N) is 3. The number of guanidine groups is 1. The summed E-state index contributed by atoms with van der Waals surface area (Å²) in [5, 5.41) is 3.31. The lowest BCUT2D eigenvalue weighted by Gasteiger charge is -2.26. The van der Waals surface area contributed by atoms with Crippen LogP contribution in [0.4, 0.5) is 0 Å². The standard InChI is InChI=1S/C19H30N4O3S.HI/c1-2-20-19(21-9-15-27(24,25)23-11-13-26-14-12-23)22-10-8-18(16-22)17-6-4-3-5-7-17;/h3-7,18H,2,8-16H2,1H3,(H,20,21);1H. The van der Waals surface area contributed by atoms with Gasteiger partial charge in [0, 0.05) is 38.6 Å². The second kappa shape index (κ2) is 11.3. The molecule has 3 rings (SSSR count). The maximum absolute atomic E-state index is 12.5. The fraction of sp³-hybridized carbons (Fsp3) is 0.632. The number of hydrogen-bond acceptors (Lipinski definition) is 4. The van der Waals surface area contributed by atoms with Crippen molar-refractivity contribution in [1.29, 1.82) is 0 Å². The molecule has 1 unspecified atom stereocenters. The van der Waals surface area contributed by atoms with Gasteiger partial charge < -0.3 is 15.0 Å². The third-order valence-corrected chi connectivity index (χ3v) is 6.92. The highest BCUT2D eigenvalue weighted by molar-refractivity contribution is 14.0. The first-order valence-electron chi connectivity index (χ1n) is 9.74. The van der Waals surface area contributed by atoms with E-state index >= 15 is 0 Å². The number of halogens is 1. The second-order valence-electron chi connectivity index (χ2n) is 6.91. The Morgan fingerprint density at radius 3 is 2.61 bits per heavy atom. The number of aliphatic imine (C=N–C) groups is 1. The molecule has 0 aliphatic carbocycles. The molecular weight excluding hydrogens is 491 g/mol.